The number of nitrogens with zero attached hydrogens (tertiary/aromatic N) is 3. The number of hydrogen-bond acceptors (Lipinski definition) is 3. The molecule has 0 aliphatic heterocycles. The summed E-state index contributed by atoms with van der Waals surface area (Å²) >= 11 is 0. The molecule has 0 spiro atoms. The first kappa shape index (κ1) is 42.3. The molecular formula is C60H57N3O. The molecule has 0 saturated heterocycles. The summed E-state index contributed by atoms with van der Waals surface area (Å²) < 4.78 is 2.29. The van der Waals surface area contributed by atoms with Gasteiger partial charge in [-0.25, -0.2) is 4.98 Å². The van der Waals surface area contributed by atoms with Crippen LogP contribution in [-0.2, 0) is 5.41 Å². The summed E-state index contributed by atoms with van der Waals surface area (Å²) in [6.45, 7) is 17.7. The number of aromatic hydroxyl groups is 1. The van der Waals surface area contributed by atoms with Gasteiger partial charge in [-0.05, 0) is 135 Å². The summed E-state index contributed by atoms with van der Waals surface area (Å²) in [6.07, 6.45) is 2.92. The number of para-hydroxylation sites is 1. The number of aromatic nitrogens is 3. The van der Waals surface area contributed by atoms with E-state index in [1.54, 1.807) is 0 Å². The smallest absolute Gasteiger partial charge is 0.149 e. The average Bonchev–Trinajstić information content (AvgIpc) is 3.71. The third-order valence-corrected chi connectivity index (χ3v) is 13.2. The van der Waals surface area contributed by atoms with E-state index in [4.69, 9.17) is 9.97 Å². The Labute approximate surface area is 379 Å². The van der Waals surface area contributed by atoms with Gasteiger partial charge in [-0.3, -0.25) is 9.55 Å². The zero-order valence-corrected chi connectivity index (χ0v) is 38.3. The van der Waals surface area contributed by atoms with Crippen LogP contribution in [0.4, 0.5) is 0 Å². The van der Waals surface area contributed by atoms with Crippen molar-refractivity contribution in [3.8, 4) is 78.6 Å². The van der Waals surface area contributed by atoms with E-state index in [2.05, 4.69) is 224 Å². The largest absolute Gasteiger partial charge is 0.507 e. The van der Waals surface area contributed by atoms with Gasteiger partial charge in [0.15, 0.2) is 0 Å². The number of rotatable bonds is 11. The molecule has 64 heavy (non-hydrogen) atoms. The van der Waals surface area contributed by atoms with Crippen molar-refractivity contribution >= 4 is 11.0 Å². The second-order valence-corrected chi connectivity index (χ2v) is 18.6. The van der Waals surface area contributed by atoms with Crippen molar-refractivity contribution in [3.05, 3.63) is 192 Å². The maximum atomic E-state index is 12.4. The van der Waals surface area contributed by atoms with Crippen molar-refractivity contribution in [2.24, 2.45) is 0 Å². The van der Waals surface area contributed by atoms with Crippen molar-refractivity contribution in [2.45, 2.75) is 79.1 Å². The first-order chi connectivity index (χ1) is 30.9. The number of phenolic OH excluding ortho intramolecular Hbond substituents is 1. The number of pyridine rings is 1. The molecule has 1 N–H and O–H groups in total. The Balaban J connectivity index is 1.35. The standard InChI is InChI=1S/C60H57N3O/c1-9-60(7,8)49-27-28-55(52(37-49)43-19-14-11-15-20-43)63-56-22-16-21-50(57(56)62-59(63)53-35-45(38(2)3)34-51(39(4)5)58(53)64)47-31-46(41-17-12-10-13-18-41)32-48(33-47)54-36-44(29-30-61-54)42-25-23-40(6)24-26-42/h10-39,64H,9H2,1-8H3. The summed E-state index contributed by atoms with van der Waals surface area (Å²) in [6, 6.07) is 58.7. The summed E-state index contributed by atoms with van der Waals surface area (Å²) in [5, 5.41) is 12.4. The van der Waals surface area contributed by atoms with E-state index in [0.29, 0.717) is 5.82 Å². The Morgan fingerprint density at radius 2 is 1.23 bits per heavy atom. The van der Waals surface area contributed by atoms with E-state index >= 15 is 0 Å². The summed E-state index contributed by atoms with van der Waals surface area (Å²) in [5.74, 6) is 1.34. The molecule has 0 atom stereocenters. The summed E-state index contributed by atoms with van der Waals surface area (Å²) in [4.78, 5) is 10.6. The minimum absolute atomic E-state index is 0.0267. The van der Waals surface area contributed by atoms with Crippen LogP contribution in [0, 0.1) is 6.92 Å². The second kappa shape index (κ2) is 17.3. The number of benzene rings is 7. The minimum atomic E-state index is -0.0267. The molecule has 0 bridgehead atoms. The highest BCUT2D eigenvalue weighted by Gasteiger charge is 2.27. The van der Waals surface area contributed by atoms with Crippen LogP contribution < -0.4 is 0 Å². The normalized spacial score (nSPS) is 11.8. The molecule has 0 fully saturated rings. The van der Waals surface area contributed by atoms with Gasteiger partial charge in [0.25, 0.3) is 0 Å². The van der Waals surface area contributed by atoms with Crippen molar-refractivity contribution in [1.82, 2.24) is 14.5 Å². The Morgan fingerprint density at radius 1 is 0.562 bits per heavy atom. The van der Waals surface area contributed by atoms with Gasteiger partial charge in [0.05, 0.1) is 28.0 Å². The maximum absolute atomic E-state index is 12.4. The monoisotopic (exact) mass is 835 g/mol. The number of hydrogen-bond donors (Lipinski definition) is 1. The van der Waals surface area contributed by atoms with Crippen LogP contribution in [-0.4, -0.2) is 19.6 Å². The minimum Gasteiger partial charge on any atom is -0.507 e. The van der Waals surface area contributed by atoms with Crippen LogP contribution in [0.3, 0.4) is 0 Å². The van der Waals surface area contributed by atoms with Crippen LogP contribution in [0.25, 0.3) is 83.9 Å². The predicted molar refractivity (Wildman–Crippen MR) is 269 cm³/mol. The van der Waals surface area contributed by atoms with Crippen molar-refractivity contribution in [2.75, 3.05) is 0 Å². The first-order valence-corrected chi connectivity index (χ1v) is 22.7. The van der Waals surface area contributed by atoms with E-state index in [0.717, 1.165) is 90.0 Å². The van der Waals surface area contributed by atoms with Gasteiger partial charge in [0.1, 0.15) is 11.6 Å². The molecule has 9 rings (SSSR count). The third kappa shape index (κ3) is 8.05. The molecule has 0 saturated carbocycles. The Kier molecular flexibility index (Phi) is 11.4. The average molecular weight is 836 g/mol. The van der Waals surface area contributed by atoms with Crippen LogP contribution in [0.2, 0.25) is 0 Å². The molecule has 4 nitrogen and oxygen atoms in total. The van der Waals surface area contributed by atoms with Crippen molar-refractivity contribution in [3.63, 3.8) is 0 Å². The topological polar surface area (TPSA) is 50.9 Å². The van der Waals surface area contributed by atoms with Gasteiger partial charge in [-0.15, -0.1) is 0 Å². The lowest BCUT2D eigenvalue weighted by Crippen LogP contribution is -2.16. The number of fused-ring (bicyclic) bond motifs is 1. The fraction of sp³-hybridized carbons (Fsp3) is 0.200. The summed E-state index contributed by atoms with van der Waals surface area (Å²) in [5.41, 5.74) is 18.8. The van der Waals surface area contributed by atoms with Gasteiger partial charge in [0, 0.05) is 22.9 Å². The molecule has 2 heterocycles. The van der Waals surface area contributed by atoms with E-state index in [1.807, 2.05) is 6.20 Å². The molecule has 0 unspecified atom stereocenters. The van der Waals surface area contributed by atoms with E-state index in [9.17, 15) is 5.11 Å². The van der Waals surface area contributed by atoms with Gasteiger partial charge >= 0.3 is 0 Å². The lowest BCUT2D eigenvalue weighted by Gasteiger charge is -2.26. The van der Waals surface area contributed by atoms with Gasteiger partial charge in [0.2, 0.25) is 0 Å². The van der Waals surface area contributed by atoms with Gasteiger partial charge in [-0.2, -0.15) is 0 Å². The summed E-state index contributed by atoms with van der Waals surface area (Å²) in [7, 11) is 0. The molecule has 4 heteroatoms. The fourth-order valence-electron chi connectivity index (χ4n) is 8.83. The SMILES string of the molecule is CCC(C)(C)c1ccc(-n2c(-c3cc(C(C)C)cc(C(C)C)c3O)nc3c(-c4cc(-c5ccccc5)cc(-c5cc(-c6ccc(C)cc6)ccn5)c4)cccc32)c(-c2ccccc2)c1. The molecule has 318 valence electrons. The van der Waals surface area contributed by atoms with E-state index in [1.165, 1.54) is 16.7 Å². The molecule has 0 aliphatic carbocycles. The number of phenols is 1. The highest BCUT2D eigenvalue weighted by molar-refractivity contribution is 5.98. The molecule has 2 aromatic heterocycles. The van der Waals surface area contributed by atoms with Crippen LogP contribution in [0.5, 0.6) is 5.75 Å². The van der Waals surface area contributed by atoms with Crippen molar-refractivity contribution in [1.29, 1.82) is 0 Å². The lowest BCUT2D eigenvalue weighted by atomic mass is 9.81. The molecule has 0 amide bonds. The fourth-order valence-corrected chi connectivity index (χ4v) is 8.83. The number of aryl methyl sites for hydroxylation is 1. The van der Waals surface area contributed by atoms with Crippen LogP contribution in [0.1, 0.15) is 89.0 Å². The highest BCUT2D eigenvalue weighted by atomic mass is 16.3. The second-order valence-electron chi connectivity index (χ2n) is 18.6. The molecular weight excluding hydrogens is 779 g/mol. The van der Waals surface area contributed by atoms with Crippen LogP contribution in [0.15, 0.2) is 170 Å². The number of imidazole rings is 1. The first-order valence-electron chi connectivity index (χ1n) is 22.7. The Morgan fingerprint density at radius 3 is 1.92 bits per heavy atom. The highest BCUT2D eigenvalue weighted by Crippen LogP contribution is 2.45. The van der Waals surface area contributed by atoms with Gasteiger partial charge < -0.3 is 5.11 Å². The molecule has 0 radical (unpaired) electrons. The predicted octanol–water partition coefficient (Wildman–Crippen LogP) is 16.4. The zero-order valence-electron chi connectivity index (χ0n) is 38.3. The molecule has 9 aromatic rings. The van der Waals surface area contributed by atoms with E-state index in [-0.39, 0.29) is 23.0 Å². The quantitative estimate of drug-likeness (QED) is 0.141. The van der Waals surface area contributed by atoms with Crippen molar-refractivity contribution < 1.29 is 5.11 Å². The van der Waals surface area contributed by atoms with E-state index < -0.39 is 0 Å². The third-order valence-electron chi connectivity index (χ3n) is 13.2. The maximum Gasteiger partial charge on any atom is 0.149 e. The van der Waals surface area contributed by atoms with Gasteiger partial charge in [-0.1, -0.05) is 163 Å². The lowest BCUT2D eigenvalue weighted by molar-refractivity contribution is 0.466. The molecule has 0 aliphatic rings. The Bertz CT molecular complexity index is 3120. The zero-order chi connectivity index (χ0) is 44.7. The Hall–Kier alpha value is -7.04. The van der Waals surface area contributed by atoms with Crippen LogP contribution >= 0.6 is 0 Å². The molecule has 7 aromatic carbocycles.